The van der Waals surface area contributed by atoms with Gasteiger partial charge in [0.15, 0.2) is 0 Å². The van der Waals surface area contributed by atoms with Crippen LogP contribution in [0.25, 0.3) is 16.7 Å². The third kappa shape index (κ3) is 3.49. The first-order valence-electron chi connectivity index (χ1n) is 11.6. The lowest BCUT2D eigenvalue weighted by molar-refractivity contribution is 0.586. The van der Waals surface area contributed by atoms with E-state index in [2.05, 4.69) is 98.7 Å². The maximum atomic E-state index is 2.54. The molecule has 2 aromatic carbocycles. The highest BCUT2D eigenvalue weighted by Gasteiger charge is 2.32. The summed E-state index contributed by atoms with van der Waals surface area (Å²) in [5, 5.41) is 0. The fourth-order valence-electron chi connectivity index (χ4n) is 5.23. The van der Waals surface area contributed by atoms with E-state index in [1.165, 1.54) is 44.5 Å². The summed E-state index contributed by atoms with van der Waals surface area (Å²) in [6, 6.07) is 9.75. The van der Waals surface area contributed by atoms with Crippen molar-refractivity contribution in [3.63, 3.8) is 0 Å². The molecule has 2 aliphatic carbocycles. The van der Waals surface area contributed by atoms with Crippen LogP contribution in [-0.4, -0.2) is 0 Å². The summed E-state index contributed by atoms with van der Waals surface area (Å²) in [7, 11) is 0. The molecule has 0 N–H and O–H groups in total. The molecule has 2 aliphatic rings. The van der Waals surface area contributed by atoms with E-state index in [9.17, 15) is 0 Å². The molecule has 0 saturated carbocycles. The third-order valence-electron chi connectivity index (χ3n) is 6.86. The molecule has 158 valence electrons. The van der Waals surface area contributed by atoms with Crippen LogP contribution < -0.4 is 0 Å². The van der Waals surface area contributed by atoms with Gasteiger partial charge in [-0.3, -0.25) is 0 Å². The van der Waals surface area contributed by atoms with Gasteiger partial charge in [0.2, 0.25) is 0 Å². The average Bonchev–Trinajstić information content (AvgIpc) is 3.20. The molecule has 0 spiro atoms. The molecule has 0 fully saturated rings. The van der Waals surface area contributed by atoms with Gasteiger partial charge in [-0.1, -0.05) is 91.3 Å². The van der Waals surface area contributed by atoms with E-state index in [0.717, 1.165) is 12.8 Å². The third-order valence-corrected chi connectivity index (χ3v) is 6.86. The number of benzene rings is 2. The minimum Gasteiger partial charge on any atom is -0.0772 e. The van der Waals surface area contributed by atoms with E-state index < -0.39 is 0 Å². The molecule has 0 unspecified atom stereocenters. The Morgan fingerprint density at radius 1 is 0.867 bits per heavy atom. The standard InChI is InChI=1S/C30H38/c1-18(2)27-25-15-20-12-13-22(29(4,5)6)16-23(20)24(25)17-26(30(7,8)9)28(27)21-11-10-19(3)14-21/h10,12-14,16-18H,11,15H2,1-9H3. The first-order valence-corrected chi connectivity index (χ1v) is 11.6. The molecule has 0 saturated heterocycles. The number of hydrogen-bond donors (Lipinski definition) is 0. The topological polar surface area (TPSA) is 0 Å². The fourth-order valence-corrected chi connectivity index (χ4v) is 5.23. The van der Waals surface area contributed by atoms with Crippen LogP contribution in [0, 0.1) is 0 Å². The van der Waals surface area contributed by atoms with Gasteiger partial charge in [0, 0.05) is 0 Å². The number of allylic oxidation sites excluding steroid dienone is 4. The van der Waals surface area contributed by atoms with Crippen molar-refractivity contribution >= 4 is 5.57 Å². The second-order valence-electron chi connectivity index (χ2n) is 11.8. The van der Waals surface area contributed by atoms with Gasteiger partial charge in [-0.05, 0) is 92.7 Å². The van der Waals surface area contributed by atoms with Gasteiger partial charge in [-0.25, -0.2) is 0 Å². The largest absolute Gasteiger partial charge is 0.0772 e. The van der Waals surface area contributed by atoms with Gasteiger partial charge in [0.1, 0.15) is 0 Å². The SMILES string of the molecule is CC1=CCC(c2c(C(C)(C)C)cc3c(c2C(C)C)Cc2ccc(C(C)(C)C)cc2-3)=C1. The molecular formula is C30H38. The van der Waals surface area contributed by atoms with Crippen LogP contribution in [0.15, 0.2) is 42.0 Å². The second kappa shape index (κ2) is 6.98. The van der Waals surface area contributed by atoms with Crippen LogP contribution in [0.2, 0.25) is 0 Å². The summed E-state index contributed by atoms with van der Waals surface area (Å²) >= 11 is 0. The smallest absolute Gasteiger partial charge is 0.00104 e. The van der Waals surface area contributed by atoms with Crippen molar-refractivity contribution < 1.29 is 0 Å². The van der Waals surface area contributed by atoms with Gasteiger partial charge >= 0.3 is 0 Å². The van der Waals surface area contributed by atoms with Crippen LogP contribution >= 0.6 is 0 Å². The normalized spacial score (nSPS) is 15.9. The Balaban J connectivity index is 2.03. The quantitative estimate of drug-likeness (QED) is 0.405. The van der Waals surface area contributed by atoms with Crippen LogP contribution in [0.4, 0.5) is 0 Å². The second-order valence-corrected chi connectivity index (χ2v) is 11.8. The lowest BCUT2D eigenvalue weighted by atomic mass is 9.74. The minimum atomic E-state index is 0.107. The summed E-state index contributed by atoms with van der Waals surface area (Å²) in [5.74, 6) is 0.509. The summed E-state index contributed by atoms with van der Waals surface area (Å²) in [6.07, 6.45) is 6.93. The zero-order valence-electron chi connectivity index (χ0n) is 20.5. The van der Waals surface area contributed by atoms with E-state index in [4.69, 9.17) is 0 Å². The Labute approximate surface area is 184 Å². The minimum absolute atomic E-state index is 0.107. The van der Waals surface area contributed by atoms with E-state index in [0.29, 0.717) is 5.92 Å². The van der Waals surface area contributed by atoms with Gasteiger partial charge in [-0.2, -0.15) is 0 Å². The predicted molar refractivity (Wildman–Crippen MR) is 133 cm³/mol. The first kappa shape index (κ1) is 21.2. The molecule has 0 bridgehead atoms. The molecule has 0 nitrogen and oxygen atoms in total. The van der Waals surface area contributed by atoms with Crippen LogP contribution in [0.1, 0.15) is 108 Å². The number of fused-ring (bicyclic) bond motifs is 3. The van der Waals surface area contributed by atoms with E-state index >= 15 is 0 Å². The summed E-state index contributed by atoms with van der Waals surface area (Å²) < 4.78 is 0. The van der Waals surface area contributed by atoms with Gasteiger partial charge in [0.05, 0.1) is 0 Å². The predicted octanol–water partition coefficient (Wildman–Crippen LogP) is 8.71. The van der Waals surface area contributed by atoms with E-state index in [1.807, 2.05) is 0 Å². The van der Waals surface area contributed by atoms with Crippen LogP contribution in [0.5, 0.6) is 0 Å². The monoisotopic (exact) mass is 398 g/mol. The molecule has 0 aromatic heterocycles. The molecule has 0 heterocycles. The Morgan fingerprint density at radius 3 is 2.10 bits per heavy atom. The maximum Gasteiger partial charge on any atom is -0.00104 e. The zero-order valence-corrected chi connectivity index (χ0v) is 20.5. The Morgan fingerprint density at radius 2 is 1.57 bits per heavy atom. The lowest BCUT2D eigenvalue weighted by Gasteiger charge is -2.30. The molecule has 0 amide bonds. The first-order chi connectivity index (χ1) is 13.9. The van der Waals surface area contributed by atoms with Gasteiger partial charge in [-0.15, -0.1) is 0 Å². The van der Waals surface area contributed by atoms with Gasteiger partial charge < -0.3 is 0 Å². The molecule has 2 aromatic rings. The van der Waals surface area contributed by atoms with Crippen molar-refractivity contribution in [2.75, 3.05) is 0 Å². The molecule has 4 rings (SSSR count). The molecule has 0 atom stereocenters. The molecule has 0 aliphatic heterocycles. The van der Waals surface area contributed by atoms with Gasteiger partial charge in [0.25, 0.3) is 0 Å². The summed E-state index contributed by atoms with van der Waals surface area (Å²) in [5.41, 5.74) is 15.3. The van der Waals surface area contributed by atoms with E-state index in [-0.39, 0.29) is 10.8 Å². The fraction of sp³-hybridized carbons (Fsp3) is 0.467. The van der Waals surface area contributed by atoms with Crippen molar-refractivity contribution in [2.24, 2.45) is 0 Å². The van der Waals surface area contributed by atoms with Crippen molar-refractivity contribution in [1.29, 1.82) is 0 Å². The van der Waals surface area contributed by atoms with Crippen molar-refractivity contribution in [3.05, 3.63) is 75.4 Å². The average molecular weight is 399 g/mol. The lowest BCUT2D eigenvalue weighted by Crippen LogP contribution is -2.17. The Hall–Kier alpha value is -2.08. The highest BCUT2D eigenvalue weighted by Crippen LogP contribution is 2.49. The van der Waals surface area contributed by atoms with Crippen molar-refractivity contribution in [3.8, 4) is 11.1 Å². The summed E-state index contributed by atoms with van der Waals surface area (Å²) in [4.78, 5) is 0. The molecule has 0 heteroatoms. The number of rotatable bonds is 2. The highest BCUT2D eigenvalue weighted by molar-refractivity contribution is 5.86. The summed E-state index contributed by atoms with van der Waals surface area (Å²) in [6.45, 7) is 21.1. The molecular weight excluding hydrogens is 360 g/mol. The molecule has 0 radical (unpaired) electrons. The maximum absolute atomic E-state index is 2.54. The Bertz CT molecular complexity index is 1070. The Kier molecular flexibility index (Phi) is 4.92. The highest BCUT2D eigenvalue weighted by atomic mass is 14.4. The van der Waals surface area contributed by atoms with E-state index in [1.54, 1.807) is 11.1 Å². The van der Waals surface area contributed by atoms with Crippen molar-refractivity contribution in [2.45, 2.75) is 91.9 Å². The number of hydrogen-bond acceptors (Lipinski definition) is 0. The van der Waals surface area contributed by atoms with Crippen LogP contribution in [0.3, 0.4) is 0 Å². The van der Waals surface area contributed by atoms with Crippen LogP contribution in [-0.2, 0) is 17.3 Å². The van der Waals surface area contributed by atoms with Crippen molar-refractivity contribution in [1.82, 2.24) is 0 Å². The molecule has 30 heavy (non-hydrogen) atoms. The zero-order chi connectivity index (χ0) is 22.0.